The van der Waals surface area contributed by atoms with E-state index >= 15 is 0 Å². The molecular formula is C14H31N3O2. The van der Waals surface area contributed by atoms with Gasteiger partial charge in [-0.25, -0.2) is 0 Å². The zero-order valence-corrected chi connectivity index (χ0v) is 12.9. The molecule has 0 saturated carbocycles. The predicted molar refractivity (Wildman–Crippen MR) is 79.1 cm³/mol. The summed E-state index contributed by atoms with van der Waals surface area (Å²) in [7, 11) is 1.69. The third kappa shape index (κ3) is 7.50. The molecule has 0 heterocycles. The van der Waals surface area contributed by atoms with Crippen LogP contribution in [0.3, 0.4) is 0 Å². The minimum absolute atomic E-state index is 0.0851. The van der Waals surface area contributed by atoms with Crippen molar-refractivity contribution in [3.63, 3.8) is 0 Å². The minimum Gasteiger partial charge on any atom is -0.383 e. The van der Waals surface area contributed by atoms with E-state index in [1.54, 1.807) is 7.11 Å². The van der Waals surface area contributed by atoms with E-state index in [2.05, 4.69) is 24.1 Å². The van der Waals surface area contributed by atoms with Crippen LogP contribution < -0.4 is 11.1 Å². The van der Waals surface area contributed by atoms with Crippen molar-refractivity contribution in [1.29, 1.82) is 0 Å². The highest BCUT2D eigenvalue weighted by molar-refractivity contribution is 5.76. The average Bonchev–Trinajstić information content (AvgIpc) is 2.43. The van der Waals surface area contributed by atoms with E-state index in [4.69, 9.17) is 10.5 Å². The molecule has 0 radical (unpaired) electrons. The van der Waals surface area contributed by atoms with Crippen molar-refractivity contribution in [2.24, 2.45) is 5.73 Å². The van der Waals surface area contributed by atoms with Gasteiger partial charge in [0.25, 0.3) is 0 Å². The van der Waals surface area contributed by atoms with Gasteiger partial charge in [-0.05, 0) is 19.8 Å². The second-order valence-electron chi connectivity index (χ2n) is 4.93. The normalized spacial score (nSPS) is 14.4. The SMILES string of the molecule is CCCNC(=O)CC(CN)N(CCOC)C(C)CC. The fraction of sp³-hybridized carbons (Fsp3) is 0.929. The Kier molecular flexibility index (Phi) is 10.8. The molecule has 0 aromatic heterocycles. The molecule has 2 atom stereocenters. The van der Waals surface area contributed by atoms with Gasteiger partial charge >= 0.3 is 0 Å². The number of amides is 1. The molecule has 1 amide bonds. The first-order chi connectivity index (χ1) is 9.10. The van der Waals surface area contributed by atoms with E-state index in [0.717, 1.165) is 25.9 Å². The largest absolute Gasteiger partial charge is 0.383 e. The number of carbonyl (C=O) groups excluding carboxylic acids is 1. The Bertz CT molecular complexity index is 237. The van der Waals surface area contributed by atoms with E-state index in [9.17, 15) is 4.79 Å². The van der Waals surface area contributed by atoms with Crippen molar-refractivity contribution in [2.45, 2.75) is 52.1 Å². The molecule has 0 aromatic rings. The molecule has 0 aliphatic carbocycles. The first-order valence-corrected chi connectivity index (χ1v) is 7.32. The summed E-state index contributed by atoms with van der Waals surface area (Å²) in [6, 6.07) is 0.490. The molecule has 5 nitrogen and oxygen atoms in total. The number of carbonyl (C=O) groups is 1. The van der Waals surface area contributed by atoms with Gasteiger partial charge in [-0.3, -0.25) is 9.69 Å². The van der Waals surface area contributed by atoms with Crippen LogP contribution in [0.2, 0.25) is 0 Å². The van der Waals surface area contributed by atoms with Crippen molar-refractivity contribution in [1.82, 2.24) is 10.2 Å². The Morgan fingerprint density at radius 2 is 2.11 bits per heavy atom. The Balaban J connectivity index is 4.49. The second kappa shape index (κ2) is 11.2. The molecule has 0 spiro atoms. The number of ether oxygens (including phenoxy) is 1. The van der Waals surface area contributed by atoms with Gasteiger partial charge in [-0.15, -0.1) is 0 Å². The topological polar surface area (TPSA) is 67.6 Å². The maximum absolute atomic E-state index is 11.8. The third-order valence-corrected chi connectivity index (χ3v) is 3.44. The maximum Gasteiger partial charge on any atom is 0.221 e. The van der Waals surface area contributed by atoms with Crippen molar-refractivity contribution < 1.29 is 9.53 Å². The number of hydrogen-bond acceptors (Lipinski definition) is 4. The molecule has 0 fully saturated rings. The Morgan fingerprint density at radius 3 is 2.58 bits per heavy atom. The van der Waals surface area contributed by atoms with Crippen molar-refractivity contribution in [3.05, 3.63) is 0 Å². The summed E-state index contributed by atoms with van der Waals surface area (Å²) in [5, 5.41) is 2.91. The van der Waals surface area contributed by atoms with Gasteiger partial charge in [0.1, 0.15) is 0 Å². The number of methoxy groups -OCH3 is 1. The van der Waals surface area contributed by atoms with Crippen LogP contribution in [0.5, 0.6) is 0 Å². The van der Waals surface area contributed by atoms with Crippen LogP contribution in [0.1, 0.15) is 40.0 Å². The van der Waals surface area contributed by atoms with Crippen LogP contribution in [0, 0.1) is 0 Å². The van der Waals surface area contributed by atoms with E-state index < -0.39 is 0 Å². The van der Waals surface area contributed by atoms with Crippen LogP contribution in [0.25, 0.3) is 0 Å². The molecule has 0 aromatic carbocycles. The summed E-state index contributed by atoms with van der Waals surface area (Å²) in [4.78, 5) is 14.1. The fourth-order valence-corrected chi connectivity index (χ4v) is 2.08. The summed E-state index contributed by atoms with van der Waals surface area (Å²) in [5.41, 5.74) is 5.85. The Morgan fingerprint density at radius 1 is 1.42 bits per heavy atom. The lowest BCUT2D eigenvalue weighted by Gasteiger charge is -2.35. The van der Waals surface area contributed by atoms with Gasteiger partial charge in [-0.2, -0.15) is 0 Å². The Hall–Kier alpha value is -0.650. The summed E-state index contributed by atoms with van der Waals surface area (Å²) in [5.74, 6) is 0.0861. The first kappa shape index (κ1) is 18.4. The van der Waals surface area contributed by atoms with Gasteiger partial charge < -0.3 is 15.8 Å². The minimum atomic E-state index is 0.0851. The van der Waals surface area contributed by atoms with Gasteiger partial charge in [0.15, 0.2) is 0 Å². The number of nitrogens with one attached hydrogen (secondary N) is 1. The number of hydrogen-bond donors (Lipinski definition) is 2. The van der Waals surface area contributed by atoms with Crippen LogP contribution >= 0.6 is 0 Å². The molecule has 0 aliphatic rings. The molecule has 0 bridgehead atoms. The highest BCUT2D eigenvalue weighted by Crippen LogP contribution is 2.11. The molecule has 5 heteroatoms. The summed E-state index contributed by atoms with van der Waals surface area (Å²) in [6.07, 6.45) is 2.46. The van der Waals surface area contributed by atoms with Crippen molar-refractivity contribution in [3.8, 4) is 0 Å². The van der Waals surface area contributed by atoms with E-state index in [0.29, 0.717) is 25.6 Å². The molecule has 0 aliphatic heterocycles. The molecular weight excluding hydrogens is 242 g/mol. The molecule has 2 unspecified atom stereocenters. The van der Waals surface area contributed by atoms with Gasteiger partial charge in [-0.1, -0.05) is 13.8 Å². The van der Waals surface area contributed by atoms with E-state index in [-0.39, 0.29) is 11.9 Å². The lowest BCUT2D eigenvalue weighted by Crippen LogP contribution is -2.49. The molecule has 3 N–H and O–H groups in total. The van der Waals surface area contributed by atoms with Crippen LogP contribution in [0.15, 0.2) is 0 Å². The summed E-state index contributed by atoms with van der Waals surface area (Å²) in [6.45, 7) is 9.07. The fourth-order valence-electron chi connectivity index (χ4n) is 2.08. The number of nitrogens with two attached hydrogens (primary N) is 1. The summed E-state index contributed by atoms with van der Waals surface area (Å²) >= 11 is 0. The molecule has 114 valence electrons. The van der Waals surface area contributed by atoms with Gasteiger partial charge in [0, 0.05) is 45.2 Å². The van der Waals surface area contributed by atoms with Gasteiger partial charge in [0.2, 0.25) is 5.91 Å². The van der Waals surface area contributed by atoms with Crippen molar-refractivity contribution >= 4 is 5.91 Å². The quantitative estimate of drug-likeness (QED) is 0.589. The van der Waals surface area contributed by atoms with Crippen LogP contribution in [0.4, 0.5) is 0 Å². The number of nitrogens with zero attached hydrogens (tertiary/aromatic N) is 1. The molecule has 0 rings (SSSR count). The second-order valence-corrected chi connectivity index (χ2v) is 4.93. The average molecular weight is 273 g/mol. The van der Waals surface area contributed by atoms with Crippen molar-refractivity contribution in [2.75, 3.05) is 33.4 Å². The van der Waals surface area contributed by atoms with Gasteiger partial charge in [0.05, 0.1) is 6.61 Å². The third-order valence-electron chi connectivity index (χ3n) is 3.44. The predicted octanol–water partition coefficient (Wildman–Crippen LogP) is 0.977. The molecule has 0 saturated heterocycles. The van der Waals surface area contributed by atoms with Crippen LogP contribution in [-0.4, -0.2) is 56.2 Å². The lowest BCUT2D eigenvalue weighted by atomic mass is 10.1. The maximum atomic E-state index is 11.8. The highest BCUT2D eigenvalue weighted by Gasteiger charge is 2.23. The molecule has 19 heavy (non-hydrogen) atoms. The lowest BCUT2D eigenvalue weighted by molar-refractivity contribution is -0.122. The monoisotopic (exact) mass is 273 g/mol. The van der Waals surface area contributed by atoms with E-state index in [1.165, 1.54) is 0 Å². The first-order valence-electron chi connectivity index (χ1n) is 7.32. The highest BCUT2D eigenvalue weighted by atomic mass is 16.5. The standard InChI is InChI=1S/C14H31N3O2/c1-5-7-16-14(18)10-13(11-15)17(8-9-19-4)12(3)6-2/h12-13H,5-11,15H2,1-4H3,(H,16,18). The Labute approximate surface area is 117 Å². The smallest absolute Gasteiger partial charge is 0.221 e. The number of rotatable bonds is 11. The zero-order chi connectivity index (χ0) is 14.7. The van der Waals surface area contributed by atoms with E-state index in [1.807, 2.05) is 6.92 Å². The zero-order valence-electron chi connectivity index (χ0n) is 12.9. The summed E-state index contributed by atoms with van der Waals surface area (Å²) < 4.78 is 5.15. The van der Waals surface area contributed by atoms with Crippen LogP contribution in [-0.2, 0) is 9.53 Å².